The van der Waals surface area contributed by atoms with E-state index in [1.807, 2.05) is 0 Å². The summed E-state index contributed by atoms with van der Waals surface area (Å²) >= 11 is 0. The summed E-state index contributed by atoms with van der Waals surface area (Å²) in [7, 11) is 1.46. The van der Waals surface area contributed by atoms with Crippen LogP contribution in [0.4, 0.5) is 0 Å². The number of methoxy groups -OCH3 is 1. The van der Waals surface area contributed by atoms with Crippen molar-refractivity contribution in [2.24, 2.45) is 0 Å². The lowest BCUT2D eigenvalue weighted by Gasteiger charge is -2.01. The molecular weight excluding hydrogens is 148 g/mol. The number of aliphatic hydroxyl groups excluding tert-OH is 1. The molecule has 0 fully saturated rings. The molecule has 0 bridgehead atoms. The van der Waals surface area contributed by atoms with Crippen molar-refractivity contribution in [3.63, 3.8) is 0 Å². The van der Waals surface area contributed by atoms with Gasteiger partial charge in [-0.05, 0) is 12.8 Å². The second-order valence-corrected chi connectivity index (χ2v) is 2.34. The first-order chi connectivity index (χ1) is 5.16. The molecule has 0 aliphatic heterocycles. The van der Waals surface area contributed by atoms with Gasteiger partial charge >= 0.3 is 0 Å². The van der Waals surface area contributed by atoms with E-state index in [9.17, 15) is 4.79 Å². The molecule has 66 valence electrons. The molecule has 0 aliphatic rings. The van der Waals surface area contributed by atoms with Crippen LogP contribution in [-0.4, -0.2) is 36.0 Å². The summed E-state index contributed by atoms with van der Waals surface area (Å²) in [6.07, 6.45) is -0.203. The second-order valence-electron chi connectivity index (χ2n) is 2.34. The van der Waals surface area contributed by atoms with Crippen LogP contribution >= 0.6 is 0 Å². The normalized spacial score (nSPS) is 10.5. The van der Waals surface area contributed by atoms with Crippen LogP contribution in [0.1, 0.15) is 19.3 Å². The highest BCUT2D eigenvalue weighted by atomic mass is 16.5. The van der Waals surface area contributed by atoms with E-state index in [0.717, 1.165) is 0 Å². The number of carbonyl (C=O) groups is 1. The van der Waals surface area contributed by atoms with Gasteiger partial charge in [-0.25, -0.2) is 0 Å². The Balaban J connectivity index is 3.17. The minimum absolute atomic E-state index is 0.00634. The number of Topliss-reactive ketones (excluding diaryl/α,β-unsaturated/α-hetero) is 1. The third-order valence-corrected chi connectivity index (χ3v) is 1.22. The van der Waals surface area contributed by atoms with Crippen LogP contribution in [0.15, 0.2) is 0 Å². The molecule has 0 unspecified atom stereocenters. The Bertz CT molecular complexity index is 111. The van der Waals surface area contributed by atoms with Crippen molar-refractivity contribution in [3.8, 4) is 0 Å². The summed E-state index contributed by atoms with van der Waals surface area (Å²) in [6, 6.07) is 0. The Morgan fingerprint density at radius 3 is 2.64 bits per heavy atom. The lowest BCUT2D eigenvalue weighted by molar-refractivity contribution is -0.123. The van der Waals surface area contributed by atoms with Crippen LogP contribution in [0.5, 0.6) is 0 Å². The quantitative estimate of drug-likeness (QED) is 0.525. The van der Waals surface area contributed by atoms with E-state index in [4.69, 9.17) is 10.2 Å². The van der Waals surface area contributed by atoms with Gasteiger partial charge < -0.3 is 14.9 Å². The molecular formula is C7H14O4. The van der Waals surface area contributed by atoms with Gasteiger partial charge in [0, 0.05) is 13.5 Å². The number of aliphatic hydroxyl groups is 2. The van der Waals surface area contributed by atoms with Gasteiger partial charge in [-0.15, -0.1) is 0 Å². The fraction of sp³-hybridized carbons (Fsp3) is 0.857. The van der Waals surface area contributed by atoms with Gasteiger partial charge in [0.15, 0.2) is 12.1 Å². The van der Waals surface area contributed by atoms with E-state index in [1.54, 1.807) is 0 Å². The maximum atomic E-state index is 10.7. The predicted octanol–water partition coefficient (Wildman–Crippen LogP) is -0.317. The van der Waals surface area contributed by atoms with E-state index in [-0.39, 0.29) is 18.8 Å². The molecule has 0 saturated carbocycles. The predicted molar refractivity (Wildman–Crippen MR) is 39.0 cm³/mol. The molecule has 4 nitrogen and oxygen atoms in total. The van der Waals surface area contributed by atoms with Crippen LogP contribution < -0.4 is 0 Å². The molecule has 0 amide bonds. The maximum Gasteiger partial charge on any atom is 0.158 e. The van der Waals surface area contributed by atoms with Crippen LogP contribution in [0.2, 0.25) is 0 Å². The van der Waals surface area contributed by atoms with E-state index in [1.165, 1.54) is 7.11 Å². The van der Waals surface area contributed by atoms with Crippen molar-refractivity contribution in [2.45, 2.75) is 25.6 Å². The minimum Gasteiger partial charge on any atom is -0.377 e. The van der Waals surface area contributed by atoms with Gasteiger partial charge in [-0.3, -0.25) is 4.79 Å². The molecule has 0 heterocycles. The van der Waals surface area contributed by atoms with E-state index >= 15 is 0 Å². The van der Waals surface area contributed by atoms with Gasteiger partial charge in [-0.1, -0.05) is 0 Å². The number of hydrogen-bond donors (Lipinski definition) is 2. The Morgan fingerprint density at radius 2 is 2.18 bits per heavy atom. The van der Waals surface area contributed by atoms with Crippen LogP contribution in [0.25, 0.3) is 0 Å². The van der Waals surface area contributed by atoms with Crippen LogP contribution in [-0.2, 0) is 9.53 Å². The second kappa shape index (κ2) is 6.27. The van der Waals surface area contributed by atoms with E-state index < -0.39 is 6.29 Å². The Labute approximate surface area is 65.8 Å². The fourth-order valence-corrected chi connectivity index (χ4v) is 0.715. The average molecular weight is 162 g/mol. The third-order valence-electron chi connectivity index (χ3n) is 1.22. The third kappa shape index (κ3) is 7.45. The molecule has 0 aliphatic carbocycles. The zero-order chi connectivity index (χ0) is 8.69. The molecule has 0 atom stereocenters. The molecule has 0 aromatic heterocycles. The highest BCUT2D eigenvalue weighted by molar-refractivity contribution is 5.79. The van der Waals surface area contributed by atoms with Crippen molar-refractivity contribution < 1.29 is 19.7 Å². The van der Waals surface area contributed by atoms with Crippen LogP contribution in [0, 0.1) is 0 Å². The molecule has 0 aromatic carbocycles. The number of ether oxygens (including phenoxy) is 1. The van der Waals surface area contributed by atoms with Crippen molar-refractivity contribution in [1.82, 2.24) is 0 Å². The lowest BCUT2D eigenvalue weighted by Crippen LogP contribution is -2.09. The summed E-state index contributed by atoms with van der Waals surface area (Å²) in [4.78, 5) is 10.7. The van der Waals surface area contributed by atoms with Gasteiger partial charge in [-0.2, -0.15) is 0 Å². The van der Waals surface area contributed by atoms with E-state index in [0.29, 0.717) is 12.8 Å². The van der Waals surface area contributed by atoms with Gasteiger partial charge in [0.2, 0.25) is 0 Å². The molecule has 0 radical (unpaired) electrons. The first-order valence-electron chi connectivity index (χ1n) is 3.53. The topological polar surface area (TPSA) is 66.8 Å². The summed E-state index contributed by atoms with van der Waals surface area (Å²) in [5.41, 5.74) is 0. The van der Waals surface area contributed by atoms with Gasteiger partial charge in [0.05, 0.1) is 0 Å². The molecule has 4 heteroatoms. The van der Waals surface area contributed by atoms with Gasteiger partial charge in [0.25, 0.3) is 0 Å². The minimum atomic E-state index is -1.30. The standard InChI is InChI=1S/C7H14O4/c1-11-5-6(8)3-2-4-7(9)10/h7,9-10H,2-5H2,1H3. The Hall–Kier alpha value is -0.450. The zero-order valence-electron chi connectivity index (χ0n) is 6.62. The number of carbonyl (C=O) groups excluding carboxylic acids is 1. The molecule has 2 N–H and O–H groups in total. The molecule has 0 rings (SSSR count). The maximum absolute atomic E-state index is 10.7. The summed E-state index contributed by atoms with van der Waals surface area (Å²) in [5.74, 6) is -0.00634. The lowest BCUT2D eigenvalue weighted by atomic mass is 10.2. The number of rotatable bonds is 6. The molecule has 0 saturated heterocycles. The first-order valence-corrected chi connectivity index (χ1v) is 3.53. The smallest absolute Gasteiger partial charge is 0.158 e. The van der Waals surface area contributed by atoms with Gasteiger partial charge in [0.1, 0.15) is 6.61 Å². The highest BCUT2D eigenvalue weighted by Crippen LogP contribution is 1.99. The number of hydrogen-bond acceptors (Lipinski definition) is 4. The fourth-order valence-electron chi connectivity index (χ4n) is 0.715. The largest absolute Gasteiger partial charge is 0.377 e. The molecule has 0 spiro atoms. The molecule has 0 aromatic rings. The SMILES string of the molecule is COCC(=O)CCCC(O)O. The van der Waals surface area contributed by atoms with E-state index in [2.05, 4.69) is 4.74 Å². The number of ketones is 1. The first kappa shape index (κ1) is 10.6. The van der Waals surface area contributed by atoms with Crippen molar-refractivity contribution in [3.05, 3.63) is 0 Å². The highest BCUT2D eigenvalue weighted by Gasteiger charge is 2.02. The monoisotopic (exact) mass is 162 g/mol. The zero-order valence-corrected chi connectivity index (χ0v) is 6.62. The summed E-state index contributed by atoms with van der Waals surface area (Å²) in [6.45, 7) is 0.113. The van der Waals surface area contributed by atoms with Crippen molar-refractivity contribution in [2.75, 3.05) is 13.7 Å². The Kier molecular flexibility index (Phi) is 6.02. The Morgan fingerprint density at radius 1 is 1.55 bits per heavy atom. The average Bonchev–Trinajstić information content (AvgIpc) is 1.87. The summed E-state index contributed by atoms with van der Waals surface area (Å²) < 4.78 is 4.59. The van der Waals surface area contributed by atoms with Crippen LogP contribution in [0.3, 0.4) is 0 Å². The molecule has 11 heavy (non-hydrogen) atoms. The van der Waals surface area contributed by atoms with Crippen molar-refractivity contribution >= 4 is 5.78 Å². The van der Waals surface area contributed by atoms with Crippen molar-refractivity contribution in [1.29, 1.82) is 0 Å². The summed E-state index contributed by atoms with van der Waals surface area (Å²) in [5, 5.41) is 16.8.